The summed E-state index contributed by atoms with van der Waals surface area (Å²) in [6.07, 6.45) is 7.03. The monoisotopic (exact) mass is 238 g/mol. The van der Waals surface area contributed by atoms with Crippen LogP contribution < -0.4 is 10.6 Å². The van der Waals surface area contributed by atoms with Gasteiger partial charge in [0.05, 0.1) is 6.04 Å². The zero-order valence-electron chi connectivity index (χ0n) is 11.2. The van der Waals surface area contributed by atoms with E-state index in [1.165, 1.54) is 19.3 Å². The summed E-state index contributed by atoms with van der Waals surface area (Å²) in [7, 11) is 0. The van der Waals surface area contributed by atoms with Crippen molar-refractivity contribution in [2.45, 2.75) is 64.5 Å². The van der Waals surface area contributed by atoms with Gasteiger partial charge in [-0.3, -0.25) is 4.79 Å². The van der Waals surface area contributed by atoms with Gasteiger partial charge in [0, 0.05) is 6.04 Å². The summed E-state index contributed by atoms with van der Waals surface area (Å²) in [4.78, 5) is 12.1. The van der Waals surface area contributed by atoms with E-state index in [-0.39, 0.29) is 11.9 Å². The Morgan fingerprint density at radius 3 is 2.76 bits per heavy atom. The third-order valence-electron chi connectivity index (χ3n) is 4.45. The van der Waals surface area contributed by atoms with Crippen LogP contribution in [0.3, 0.4) is 0 Å². The lowest BCUT2D eigenvalue weighted by molar-refractivity contribution is -0.124. The summed E-state index contributed by atoms with van der Waals surface area (Å²) in [6, 6.07) is 0.492. The summed E-state index contributed by atoms with van der Waals surface area (Å²) in [5, 5.41) is 6.58. The minimum Gasteiger partial charge on any atom is -0.352 e. The van der Waals surface area contributed by atoms with Crippen LogP contribution in [0.2, 0.25) is 0 Å². The predicted octanol–water partition coefficient (Wildman–Crippen LogP) is 2.07. The molecule has 1 saturated carbocycles. The molecule has 2 fully saturated rings. The largest absolute Gasteiger partial charge is 0.352 e. The first-order chi connectivity index (χ1) is 8.19. The topological polar surface area (TPSA) is 41.1 Å². The smallest absolute Gasteiger partial charge is 0.237 e. The molecule has 98 valence electrons. The van der Waals surface area contributed by atoms with E-state index in [1.54, 1.807) is 0 Å². The second-order valence-corrected chi connectivity index (χ2v) is 5.93. The fourth-order valence-corrected chi connectivity index (χ4v) is 3.21. The van der Waals surface area contributed by atoms with Gasteiger partial charge in [-0.1, -0.05) is 20.3 Å². The van der Waals surface area contributed by atoms with Crippen LogP contribution >= 0.6 is 0 Å². The number of rotatable bonds is 3. The molecule has 0 bridgehead atoms. The van der Waals surface area contributed by atoms with E-state index in [2.05, 4.69) is 24.5 Å². The first-order valence-corrected chi connectivity index (χ1v) is 7.22. The van der Waals surface area contributed by atoms with Crippen LogP contribution in [-0.2, 0) is 4.79 Å². The molecule has 1 heterocycles. The molecule has 17 heavy (non-hydrogen) atoms. The number of amides is 1. The molecule has 4 unspecified atom stereocenters. The van der Waals surface area contributed by atoms with Gasteiger partial charge in [0.15, 0.2) is 0 Å². The van der Waals surface area contributed by atoms with Crippen LogP contribution in [0.25, 0.3) is 0 Å². The molecule has 1 aliphatic heterocycles. The minimum atomic E-state index is 0.0598. The quantitative estimate of drug-likeness (QED) is 0.790. The molecule has 2 aliphatic rings. The van der Waals surface area contributed by atoms with Crippen LogP contribution in [0, 0.1) is 11.8 Å². The molecule has 1 saturated heterocycles. The third kappa shape index (κ3) is 3.44. The Kier molecular flexibility index (Phi) is 4.43. The maximum absolute atomic E-state index is 12.1. The third-order valence-corrected chi connectivity index (χ3v) is 4.45. The van der Waals surface area contributed by atoms with E-state index in [0.717, 1.165) is 37.6 Å². The lowest BCUT2D eigenvalue weighted by Gasteiger charge is -2.29. The van der Waals surface area contributed by atoms with Gasteiger partial charge in [0.1, 0.15) is 0 Å². The molecule has 0 aromatic carbocycles. The van der Waals surface area contributed by atoms with E-state index in [4.69, 9.17) is 0 Å². The van der Waals surface area contributed by atoms with Gasteiger partial charge in [0.2, 0.25) is 5.91 Å². The van der Waals surface area contributed by atoms with Gasteiger partial charge in [-0.25, -0.2) is 0 Å². The van der Waals surface area contributed by atoms with Crippen molar-refractivity contribution in [2.24, 2.45) is 11.8 Å². The lowest BCUT2D eigenvalue weighted by atomic mass is 9.90. The highest BCUT2D eigenvalue weighted by molar-refractivity contribution is 5.82. The maximum Gasteiger partial charge on any atom is 0.237 e. The SMILES string of the molecule is CCC1CCNC(C(=O)NC2CCC(C)C2)C1. The van der Waals surface area contributed by atoms with Gasteiger partial charge in [0.25, 0.3) is 0 Å². The molecule has 2 N–H and O–H groups in total. The molecule has 3 nitrogen and oxygen atoms in total. The van der Waals surface area contributed by atoms with Crippen molar-refractivity contribution < 1.29 is 4.79 Å². The highest BCUT2D eigenvalue weighted by Gasteiger charge is 2.29. The maximum atomic E-state index is 12.1. The molecule has 1 aliphatic carbocycles. The van der Waals surface area contributed by atoms with Crippen LogP contribution in [0.5, 0.6) is 0 Å². The fourth-order valence-electron chi connectivity index (χ4n) is 3.21. The van der Waals surface area contributed by atoms with E-state index in [1.807, 2.05) is 0 Å². The molecule has 0 radical (unpaired) electrons. The molecular formula is C14H26N2O. The first kappa shape index (κ1) is 12.9. The average Bonchev–Trinajstić information content (AvgIpc) is 2.75. The van der Waals surface area contributed by atoms with Crippen molar-refractivity contribution in [1.29, 1.82) is 0 Å². The Morgan fingerprint density at radius 1 is 1.29 bits per heavy atom. The molecule has 0 aromatic rings. The number of hydrogen-bond donors (Lipinski definition) is 2. The Bertz CT molecular complexity index is 267. The molecule has 1 amide bonds. The standard InChI is InChI=1S/C14H26N2O/c1-3-11-6-7-15-13(9-11)14(17)16-12-5-4-10(2)8-12/h10-13,15H,3-9H2,1-2H3,(H,16,17). The second-order valence-electron chi connectivity index (χ2n) is 5.93. The number of piperidine rings is 1. The van der Waals surface area contributed by atoms with Crippen molar-refractivity contribution in [3.63, 3.8) is 0 Å². The second kappa shape index (κ2) is 5.85. The van der Waals surface area contributed by atoms with Gasteiger partial charge >= 0.3 is 0 Å². The Labute approximate surface area is 105 Å². The average molecular weight is 238 g/mol. The number of nitrogens with one attached hydrogen (secondary N) is 2. The highest BCUT2D eigenvalue weighted by Crippen LogP contribution is 2.25. The van der Waals surface area contributed by atoms with E-state index in [9.17, 15) is 4.79 Å². The molecule has 4 atom stereocenters. The summed E-state index contributed by atoms with van der Waals surface area (Å²) in [5.41, 5.74) is 0. The van der Waals surface area contributed by atoms with E-state index in [0.29, 0.717) is 6.04 Å². The van der Waals surface area contributed by atoms with E-state index < -0.39 is 0 Å². The van der Waals surface area contributed by atoms with Crippen molar-refractivity contribution in [1.82, 2.24) is 10.6 Å². The van der Waals surface area contributed by atoms with Crippen LogP contribution in [0.1, 0.15) is 52.4 Å². The summed E-state index contributed by atoms with van der Waals surface area (Å²) < 4.78 is 0. The van der Waals surface area contributed by atoms with E-state index >= 15 is 0 Å². The van der Waals surface area contributed by atoms with Crippen molar-refractivity contribution in [2.75, 3.05) is 6.54 Å². The molecule has 0 spiro atoms. The summed E-state index contributed by atoms with van der Waals surface area (Å²) in [6.45, 7) is 5.50. The Morgan fingerprint density at radius 2 is 2.12 bits per heavy atom. The van der Waals surface area contributed by atoms with Crippen molar-refractivity contribution >= 4 is 5.91 Å². The summed E-state index contributed by atoms with van der Waals surface area (Å²) in [5.74, 6) is 1.75. The lowest BCUT2D eigenvalue weighted by Crippen LogP contribution is -2.50. The molecular weight excluding hydrogens is 212 g/mol. The Hall–Kier alpha value is -0.570. The van der Waals surface area contributed by atoms with Crippen molar-refractivity contribution in [3.8, 4) is 0 Å². The highest BCUT2D eigenvalue weighted by atomic mass is 16.2. The number of carbonyl (C=O) groups is 1. The van der Waals surface area contributed by atoms with Gasteiger partial charge < -0.3 is 10.6 Å². The van der Waals surface area contributed by atoms with Crippen LogP contribution in [0.4, 0.5) is 0 Å². The fraction of sp³-hybridized carbons (Fsp3) is 0.929. The normalized spacial score (nSPS) is 38.0. The molecule has 0 aromatic heterocycles. The first-order valence-electron chi connectivity index (χ1n) is 7.22. The molecule has 2 rings (SSSR count). The Balaban J connectivity index is 1.79. The summed E-state index contributed by atoms with van der Waals surface area (Å²) >= 11 is 0. The number of carbonyl (C=O) groups excluding carboxylic acids is 1. The van der Waals surface area contributed by atoms with Crippen LogP contribution in [0.15, 0.2) is 0 Å². The predicted molar refractivity (Wildman–Crippen MR) is 69.8 cm³/mol. The van der Waals surface area contributed by atoms with Crippen LogP contribution in [-0.4, -0.2) is 24.5 Å². The zero-order valence-corrected chi connectivity index (χ0v) is 11.2. The minimum absolute atomic E-state index is 0.0598. The number of hydrogen-bond acceptors (Lipinski definition) is 2. The van der Waals surface area contributed by atoms with Gasteiger partial charge in [-0.2, -0.15) is 0 Å². The van der Waals surface area contributed by atoms with Gasteiger partial charge in [-0.15, -0.1) is 0 Å². The zero-order chi connectivity index (χ0) is 12.3. The van der Waals surface area contributed by atoms with Crippen molar-refractivity contribution in [3.05, 3.63) is 0 Å². The molecule has 3 heteroatoms. The van der Waals surface area contributed by atoms with Gasteiger partial charge in [-0.05, 0) is 50.5 Å².